The highest BCUT2D eigenvalue weighted by molar-refractivity contribution is 6.18. The lowest BCUT2D eigenvalue weighted by atomic mass is 10.0. The third kappa shape index (κ3) is 2.80. The molecule has 10 nitrogen and oxygen atoms in total. The number of aromatic nitrogens is 2. The second kappa shape index (κ2) is 7.41. The SMILES string of the molecule is COc1ccc2c(c1OC)C(=O)N1c3ccccc3C(=O)N(CC(=O)Nc3ncc[nH]3)[C@@H]21. The topological polar surface area (TPSA) is 117 Å². The predicted octanol–water partition coefficient (Wildman–Crippen LogP) is 2.18. The molecule has 0 spiro atoms. The van der Waals surface area contributed by atoms with Gasteiger partial charge in [0.1, 0.15) is 12.7 Å². The van der Waals surface area contributed by atoms with E-state index in [2.05, 4.69) is 15.3 Å². The van der Waals surface area contributed by atoms with Gasteiger partial charge in [0.05, 0.1) is 31.0 Å². The van der Waals surface area contributed by atoms with Crippen LogP contribution in [0.15, 0.2) is 48.8 Å². The lowest BCUT2D eigenvalue weighted by molar-refractivity contribution is -0.117. The second-order valence-electron chi connectivity index (χ2n) is 7.25. The molecular formula is C22H19N5O5. The Morgan fingerprint density at radius 2 is 1.94 bits per heavy atom. The monoisotopic (exact) mass is 433 g/mol. The number of rotatable bonds is 5. The molecule has 2 aliphatic heterocycles. The molecule has 3 heterocycles. The van der Waals surface area contributed by atoms with E-state index in [1.807, 2.05) is 0 Å². The molecule has 0 radical (unpaired) electrons. The van der Waals surface area contributed by atoms with Crippen LogP contribution in [0.5, 0.6) is 11.5 Å². The Hall–Kier alpha value is -4.34. The van der Waals surface area contributed by atoms with Crippen molar-refractivity contribution in [2.45, 2.75) is 6.17 Å². The van der Waals surface area contributed by atoms with Gasteiger partial charge in [0, 0.05) is 18.0 Å². The van der Waals surface area contributed by atoms with Crippen molar-refractivity contribution in [1.82, 2.24) is 14.9 Å². The van der Waals surface area contributed by atoms with Crippen LogP contribution < -0.4 is 19.7 Å². The third-order valence-electron chi connectivity index (χ3n) is 5.55. The maximum atomic E-state index is 13.6. The van der Waals surface area contributed by atoms with Gasteiger partial charge in [0.25, 0.3) is 11.8 Å². The number of benzene rings is 2. The van der Waals surface area contributed by atoms with Crippen LogP contribution in [0.3, 0.4) is 0 Å². The van der Waals surface area contributed by atoms with E-state index in [1.54, 1.807) is 42.6 Å². The van der Waals surface area contributed by atoms with E-state index in [9.17, 15) is 14.4 Å². The van der Waals surface area contributed by atoms with Crippen molar-refractivity contribution >= 4 is 29.4 Å². The van der Waals surface area contributed by atoms with Crippen LogP contribution in [0.4, 0.5) is 11.6 Å². The quantitative estimate of drug-likeness (QED) is 0.637. The molecule has 3 aromatic rings. The number of anilines is 2. The molecule has 3 amide bonds. The number of imidazole rings is 1. The minimum atomic E-state index is -0.804. The number of fused-ring (bicyclic) bond motifs is 5. The molecule has 0 saturated heterocycles. The Balaban J connectivity index is 1.62. The largest absolute Gasteiger partial charge is 0.493 e. The lowest BCUT2D eigenvalue weighted by Crippen LogP contribution is -2.50. The molecule has 1 atom stereocenters. The molecule has 0 bridgehead atoms. The standard InChI is InChI=1S/C22H19N5O5/c1-31-15-8-7-13-17(18(15)32-2)21(30)27-14-6-4-3-5-12(14)20(29)26(19(13)27)11-16(28)25-22-23-9-10-24-22/h3-10,19H,11H2,1-2H3,(H2,23,24,25,28)/t19-/m1/s1. The summed E-state index contributed by atoms with van der Waals surface area (Å²) in [7, 11) is 2.94. The van der Waals surface area contributed by atoms with Gasteiger partial charge in [-0.1, -0.05) is 18.2 Å². The number of hydrogen-bond donors (Lipinski definition) is 2. The first kappa shape index (κ1) is 19.6. The summed E-state index contributed by atoms with van der Waals surface area (Å²) >= 11 is 0. The van der Waals surface area contributed by atoms with Gasteiger partial charge in [0.2, 0.25) is 11.9 Å². The smallest absolute Gasteiger partial charge is 0.264 e. The Bertz CT molecular complexity index is 1240. The number of hydrogen-bond acceptors (Lipinski definition) is 6. The minimum absolute atomic E-state index is 0.269. The lowest BCUT2D eigenvalue weighted by Gasteiger charge is -2.40. The fourth-order valence-electron chi connectivity index (χ4n) is 4.25. The number of carbonyl (C=O) groups excluding carboxylic acids is 3. The van der Waals surface area contributed by atoms with Crippen LogP contribution in [0, 0.1) is 0 Å². The van der Waals surface area contributed by atoms with Crippen molar-refractivity contribution in [3.05, 3.63) is 65.5 Å². The highest BCUT2D eigenvalue weighted by Gasteiger charge is 2.50. The fourth-order valence-corrected chi connectivity index (χ4v) is 4.25. The van der Waals surface area contributed by atoms with E-state index in [-0.39, 0.29) is 30.1 Å². The van der Waals surface area contributed by atoms with Crippen molar-refractivity contribution in [2.24, 2.45) is 0 Å². The van der Waals surface area contributed by atoms with E-state index in [0.29, 0.717) is 28.1 Å². The molecule has 0 unspecified atom stereocenters. The third-order valence-corrected chi connectivity index (χ3v) is 5.55. The van der Waals surface area contributed by atoms with Gasteiger partial charge in [-0.25, -0.2) is 4.98 Å². The Kier molecular flexibility index (Phi) is 4.54. The summed E-state index contributed by atoms with van der Waals surface area (Å²) in [4.78, 5) is 49.4. The molecule has 0 saturated carbocycles. The van der Waals surface area contributed by atoms with E-state index in [0.717, 1.165) is 0 Å². The van der Waals surface area contributed by atoms with Gasteiger partial charge >= 0.3 is 0 Å². The Morgan fingerprint density at radius 1 is 1.12 bits per heavy atom. The van der Waals surface area contributed by atoms with E-state index in [1.165, 1.54) is 30.2 Å². The molecule has 32 heavy (non-hydrogen) atoms. The number of aromatic amines is 1. The number of H-pyrrole nitrogens is 1. The van der Waals surface area contributed by atoms with Crippen molar-refractivity contribution in [3.63, 3.8) is 0 Å². The van der Waals surface area contributed by atoms with Gasteiger partial charge in [0.15, 0.2) is 11.5 Å². The zero-order chi connectivity index (χ0) is 22.4. The molecule has 2 aromatic carbocycles. The first-order valence-electron chi connectivity index (χ1n) is 9.82. The van der Waals surface area contributed by atoms with Crippen LogP contribution in [-0.2, 0) is 4.79 Å². The normalized spacial score (nSPS) is 16.4. The molecule has 10 heteroatoms. The number of nitrogens with one attached hydrogen (secondary N) is 2. The van der Waals surface area contributed by atoms with Gasteiger partial charge < -0.3 is 19.4 Å². The summed E-state index contributed by atoms with van der Waals surface area (Å²) in [6, 6.07) is 10.2. The predicted molar refractivity (Wildman–Crippen MR) is 114 cm³/mol. The number of nitrogens with zero attached hydrogens (tertiary/aromatic N) is 3. The number of methoxy groups -OCH3 is 2. The first-order valence-corrected chi connectivity index (χ1v) is 9.82. The zero-order valence-corrected chi connectivity index (χ0v) is 17.3. The minimum Gasteiger partial charge on any atom is -0.493 e. The van der Waals surface area contributed by atoms with Crippen LogP contribution in [0.1, 0.15) is 32.4 Å². The van der Waals surface area contributed by atoms with Crippen molar-refractivity contribution in [1.29, 1.82) is 0 Å². The highest BCUT2D eigenvalue weighted by atomic mass is 16.5. The summed E-state index contributed by atoms with van der Waals surface area (Å²) in [5.41, 5.74) is 1.67. The molecule has 5 rings (SSSR count). The number of para-hydroxylation sites is 1. The van der Waals surface area contributed by atoms with Crippen LogP contribution in [-0.4, -0.2) is 53.4 Å². The summed E-state index contributed by atoms with van der Waals surface area (Å²) in [5, 5.41) is 2.62. The van der Waals surface area contributed by atoms with Crippen molar-refractivity contribution in [2.75, 3.05) is 31.0 Å². The molecule has 0 fully saturated rings. The fraction of sp³-hybridized carbons (Fsp3) is 0.182. The number of amides is 3. The van der Waals surface area contributed by atoms with Crippen LogP contribution >= 0.6 is 0 Å². The average molecular weight is 433 g/mol. The van der Waals surface area contributed by atoms with Gasteiger partial charge in [-0.05, 0) is 18.2 Å². The van der Waals surface area contributed by atoms with Crippen LogP contribution in [0.25, 0.3) is 0 Å². The summed E-state index contributed by atoms with van der Waals surface area (Å²) in [6.45, 7) is -0.282. The van der Waals surface area contributed by atoms with E-state index >= 15 is 0 Å². The van der Waals surface area contributed by atoms with Gasteiger partial charge in [-0.2, -0.15) is 0 Å². The molecular weight excluding hydrogens is 414 g/mol. The second-order valence-corrected chi connectivity index (χ2v) is 7.25. The maximum Gasteiger partial charge on any atom is 0.264 e. The average Bonchev–Trinajstić information content (AvgIpc) is 3.42. The van der Waals surface area contributed by atoms with Gasteiger partial charge in [-0.3, -0.25) is 24.6 Å². The Morgan fingerprint density at radius 3 is 2.66 bits per heavy atom. The Labute approximate surface area is 182 Å². The summed E-state index contributed by atoms with van der Waals surface area (Å²) < 4.78 is 10.8. The van der Waals surface area contributed by atoms with Crippen molar-refractivity contribution < 1.29 is 23.9 Å². The molecule has 0 aliphatic carbocycles. The number of carbonyl (C=O) groups is 3. The summed E-state index contributed by atoms with van der Waals surface area (Å²) in [6.07, 6.45) is 2.28. The van der Waals surface area contributed by atoms with E-state index < -0.39 is 12.1 Å². The number of ether oxygens (including phenoxy) is 2. The highest BCUT2D eigenvalue weighted by Crippen LogP contribution is 2.49. The maximum absolute atomic E-state index is 13.6. The molecule has 1 aromatic heterocycles. The molecule has 2 N–H and O–H groups in total. The molecule has 2 aliphatic rings. The zero-order valence-electron chi connectivity index (χ0n) is 17.3. The van der Waals surface area contributed by atoms with Crippen LogP contribution in [0.2, 0.25) is 0 Å². The first-order chi connectivity index (χ1) is 15.5. The molecule has 162 valence electrons. The van der Waals surface area contributed by atoms with Crippen molar-refractivity contribution in [3.8, 4) is 11.5 Å². The van der Waals surface area contributed by atoms with E-state index in [4.69, 9.17) is 9.47 Å². The van der Waals surface area contributed by atoms with Gasteiger partial charge in [-0.15, -0.1) is 0 Å². The summed E-state index contributed by atoms with van der Waals surface area (Å²) in [5.74, 6) is -0.181.